The summed E-state index contributed by atoms with van der Waals surface area (Å²) in [5.74, 6) is -3.43. The lowest BCUT2D eigenvalue weighted by Gasteiger charge is -2.44. The van der Waals surface area contributed by atoms with Gasteiger partial charge >= 0.3 is 29.8 Å². The van der Waals surface area contributed by atoms with Crippen LogP contribution in [0.1, 0.15) is 47.5 Å². The number of nitrogens with zero attached hydrogens (tertiary/aromatic N) is 1. The van der Waals surface area contributed by atoms with Crippen LogP contribution in [-0.4, -0.2) is 77.6 Å². The average molecular weight is 550 g/mol. The van der Waals surface area contributed by atoms with E-state index >= 15 is 0 Å². The lowest BCUT2D eigenvalue weighted by molar-refractivity contribution is -0.237. The Labute approximate surface area is 217 Å². The summed E-state index contributed by atoms with van der Waals surface area (Å²) in [5, 5.41) is 6.07. The van der Waals surface area contributed by atoms with Gasteiger partial charge in [0.05, 0.1) is 0 Å². The predicted octanol–water partition coefficient (Wildman–Crippen LogP) is 2.34. The highest BCUT2D eigenvalue weighted by atomic mass is 32.2. The van der Waals surface area contributed by atoms with Crippen molar-refractivity contribution in [1.29, 1.82) is 0 Å². The van der Waals surface area contributed by atoms with Crippen molar-refractivity contribution in [2.45, 2.75) is 77.3 Å². The second-order valence-electron chi connectivity index (χ2n) is 7.40. The quantitative estimate of drug-likeness (QED) is 0.0926. The zero-order valence-electron chi connectivity index (χ0n) is 20.9. The van der Waals surface area contributed by atoms with Crippen LogP contribution < -0.4 is 0 Å². The molecule has 1 aliphatic heterocycles. The van der Waals surface area contributed by atoms with Crippen molar-refractivity contribution in [2.75, 3.05) is 12.9 Å². The molecule has 14 heteroatoms. The highest BCUT2D eigenvalue weighted by Crippen LogP contribution is 2.35. The van der Waals surface area contributed by atoms with E-state index in [1.165, 1.54) is 25.6 Å². The fourth-order valence-electron chi connectivity index (χ4n) is 3.03. The van der Waals surface area contributed by atoms with Gasteiger partial charge in [-0.3, -0.25) is 19.2 Å². The van der Waals surface area contributed by atoms with Crippen molar-refractivity contribution in [3.8, 4) is 0 Å². The maximum atomic E-state index is 11.9. The van der Waals surface area contributed by atoms with Crippen LogP contribution in [0.15, 0.2) is 16.6 Å². The average Bonchev–Trinajstić information content (AvgIpc) is 2.76. The second kappa shape index (κ2) is 16.2. The summed E-state index contributed by atoms with van der Waals surface area (Å²) in [5.41, 5.74) is -1.07. The largest absolute Gasteiger partial charge is 0.463 e. The number of hydrogen-bond acceptors (Lipinski definition) is 14. The molecule has 0 unspecified atom stereocenters. The molecule has 0 N–H and O–H groups in total. The molecule has 0 amide bonds. The molecule has 0 aromatic rings. The number of carbonyl (C=O) groups is 5. The molecule has 0 spiro atoms. The van der Waals surface area contributed by atoms with Crippen molar-refractivity contribution in [1.82, 2.24) is 0 Å². The monoisotopic (exact) mass is 549 g/mol. The minimum Gasteiger partial charge on any atom is -0.463 e. The lowest BCUT2D eigenvalue weighted by Crippen LogP contribution is -2.61. The van der Waals surface area contributed by atoms with Gasteiger partial charge in [-0.2, -0.15) is 0 Å². The van der Waals surface area contributed by atoms with E-state index in [-0.39, 0.29) is 6.61 Å². The predicted molar refractivity (Wildman–Crippen MR) is 131 cm³/mol. The number of rotatable bonds is 11. The third-order valence-electron chi connectivity index (χ3n) is 4.23. The van der Waals surface area contributed by atoms with E-state index in [0.717, 1.165) is 32.5 Å². The Balaban J connectivity index is 3.42. The van der Waals surface area contributed by atoms with E-state index in [1.54, 1.807) is 0 Å². The molecule has 1 aliphatic rings. The number of carbonyl (C=O) groups excluding carboxylic acids is 5. The van der Waals surface area contributed by atoms with Gasteiger partial charge in [0, 0.05) is 41.0 Å². The number of oxime groups is 1. The van der Waals surface area contributed by atoms with Gasteiger partial charge in [0.1, 0.15) is 23.2 Å². The van der Waals surface area contributed by atoms with E-state index in [9.17, 15) is 24.0 Å². The minimum atomic E-state index is -1.30. The normalized spacial score (nSPS) is 24.1. The molecule has 0 aliphatic carbocycles. The molecule has 0 saturated carbocycles. The molecule has 0 aromatic carbocycles. The Morgan fingerprint density at radius 3 is 1.94 bits per heavy atom. The van der Waals surface area contributed by atoms with Gasteiger partial charge in [-0.25, -0.2) is 4.79 Å². The van der Waals surface area contributed by atoms with Crippen LogP contribution in [0, 0.1) is 0 Å². The van der Waals surface area contributed by atoms with Gasteiger partial charge in [-0.1, -0.05) is 23.0 Å². The smallest absolute Gasteiger partial charge is 0.332 e. The Hall–Kier alpha value is -2.58. The van der Waals surface area contributed by atoms with Crippen LogP contribution >= 0.6 is 23.5 Å². The second-order valence-corrected chi connectivity index (χ2v) is 9.31. The van der Waals surface area contributed by atoms with Crippen molar-refractivity contribution >= 4 is 58.4 Å². The maximum Gasteiger partial charge on any atom is 0.332 e. The Morgan fingerprint density at radius 1 is 0.833 bits per heavy atom. The van der Waals surface area contributed by atoms with Crippen molar-refractivity contribution in [3.05, 3.63) is 11.5 Å². The number of esters is 4. The molecule has 5 atom stereocenters. The molecule has 1 heterocycles. The Kier molecular flexibility index (Phi) is 14.2. The first-order valence-electron chi connectivity index (χ1n) is 10.8. The molecule has 1 saturated heterocycles. The van der Waals surface area contributed by atoms with Crippen LogP contribution in [-0.2, 0) is 52.5 Å². The molecule has 1 fully saturated rings. The summed E-state index contributed by atoms with van der Waals surface area (Å²) >= 11 is 2.47. The molecular formula is C22H31NO11S2. The van der Waals surface area contributed by atoms with Crippen LogP contribution in [0.3, 0.4) is 0 Å². The third kappa shape index (κ3) is 11.9. The Morgan fingerprint density at radius 2 is 1.42 bits per heavy atom. The summed E-state index contributed by atoms with van der Waals surface area (Å²) in [7, 11) is 0. The summed E-state index contributed by atoms with van der Waals surface area (Å²) in [6.07, 6.45) is -0.227. The van der Waals surface area contributed by atoms with Crippen LogP contribution in [0.25, 0.3) is 0 Å². The zero-order valence-corrected chi connectivity index (χ0v) is 22.6. The minimum absolute atomic E-state index is 0.317. The summed E-state index contributed by atoms with van der Waals surface area (Å²) in [6.45, 7) is 5.46. The van der Waals surface area contributed by atoms with E-state index in [4.69, 9.17) is 28.5 Å². The van der Waals surface area contributed by atoms with Crippen molar-refractivity contribution < 1.29 is 52.5 Å². The first-order chi connectivity index (χ1) is 16.9. The van der Waals surface area contributed by atoms with Crippen molar-refractivity contribution in [3.63, 3.8) is 0 Å². The SMILES string of the molecule is CS/C=C/CC/C(=N\OC(C)=O)S[C@@H]1O[C@H](COC(C)=O)[C@@H](OC(C)=O)[C@H](OC(C)=O)[C@H]1OC(C)=O. The molecule has 12 nitrogen and oxygen atoms in total. The van der Waals surface area contributed by atoms with Gasteiger partial charge < -0.3 is 28.5 Å². The molecule has 0 radical (unpaired) electrons. The van der Waals surface area contributed by atoms with E-state index < -0.39 is 59.7 Å². The van der Waals surface area contributed by atoms with E-state index in [0.29, 0.717) is 17.9 Å². The highest BCUT2D eigenvalue weighted by molar-refractivity contribution is 8.14. The molecule has 1 rings (SSSR count). The van der Waals surface area contributed by atoms with Crippen LogP contribution in [0.5, 0.6) is 0 Å². The van der Waals surface area contributed by atoms with Gasteiger partial charge in [0.2, 0.25) is 0 Å². The molecular weight excluding hydrogens is 518 g/mol. The fraction of sp³-hybridized carbons (Fsp3) is 0.636. The lowest BCUT2D eigenvalue weighted by atomic mass is 9.99. The molecule has 0 bridgehead atoms. The maximum absolute atomic E-state index is 11.9. The van der Waals surface area contributed by atoms with E-state index in [2.05, 4.69) is 5.16 Å². The van der Waals surface area contributed by atoms with Gasteiger partial charge in [0.15, 0.2) is 18.3 Å². The van der Waals surface area contributed by atoms with Gasteiger partial charge in [0.25, 0.3) is 0 Å². The summed E-state index contributed by atoms with van der Waals surface area (Å²) < 4.78 is 27.3. The third-order valence-corrected chi connectivity index (χ3v) is 5.86. The van der Waals surface area contributed by atoms with Crippen LogP contribution in [0.4, 0.5) is 0 Å². The first kappa shape index (κ1) is 31.4. The molecule has 36 heavy (non-hydrogen) atoms. The first-order valence-corrected chi connectivity index (χ1v) is 13.0. The number of thioether (sulfide) groups is 2. The van der Waals surface area contributed by atoms with Crippen LogP contribution in [0.2, 0.25) is 0 Å². The van der Waals surface area contributed by atoms with Gasteiger partial charge in [-0.05, 0) is 18.1 Å². The number of ether oxygens (including phenoxy) is 5. The Bertz CT molecular complexity index is 861. The number of hydrogen-bond donors (Lipinski definition) is 0. The molecule has 202 valence electrons. The van der Waals surface area contributed by atoms with Crippen molar-refractivity contribution in [2.24, 2.45) is 5.16 Å². The summed E-state index contributed by atoms with van der Waals surface area (Å²) in [4.78, 5) is 63.3. The summed E-state index contributed by atoms with van der Waals surface area (Å²) in [6, 6.07) is 0. The van der Waals surface area contributed by atoms with Gasteiger partial charge in [-0.15, -0.1) is 11.8 Å². The topological polar surface area (TPSA) is 153 Å². The fourth-order valence-corrected chi connectivity index (χ4v) is 4.49. The highest BCUT2D eigenvalue weighted by Gasteiger charge is 2.52. The molecule has 0 aromatic heterocycles. The van der Waals surface area contributed by atoms with E-state index in [1.807, 2.05) is 17.7 Å². The standard InChI is InChI=1S/C22H31NO11S2/c1-12(24)29-11-17-19(30-13(2)25)20(31-14(3)26)21(32-15(4)27)22(33-17)36-18(23-34-16(5)28)9-7-8-10-35-6/h8,10,17,19-22H,7,9,11H2,1-6H3/b10-8+,23-18+/t17-,19-,20+,21-,22+/m1/s1. The zero-order chi connectivity index (χ0) is 27.3. The number of allylic oxidation sites excluding steroid dienone is 1.